The fourth-order valence-corrected chi connectivity index (χ4v) is 2.83. The van der Waals surface area contributed by atoms with Gasteiger partial charge in [-0.2, -0.15) is 0 Å². The Bertz CT molecular complexity index is 1010. The van der Waals surface area contributed by atoms with E-state index in [9.17, 15) is 0 Å². The Morgan fingerprint density at radius 2 is 2.00 bits per heavy atom. The van der Waals surface area contributed by atoms with E-state index < -0.39 is 0 Å². The van der Waals surface area contributed by atoms with Crippen LogP contribution in [-0.4, -0.2) is 20.3 Å². The van der Waals surface area contributed by atoms with Crippen LogP contribution in [-0.2, 0) is 6.42 Å². The van der Waals surface area contributed by atoms with Gasteiger partial charge in [0.2, 0.25) is 0 Å². The standard InChI is InChI=1S/C22H22N4/c1-5-11-17(6-2)21(19-12-9-8-10-13-19)24-20-14-18(7-3)22-23-16(4)15-26(22)25-20/h5-6,8-15H,1-2,7H2,3-4H3/b17-11+,24-21?. The Hall–Kier alpha value is -3.27. The van der Waals surface area contributed by atoms with Crippen LogP contribution in [0.1, 0.15) is 23.7 Å². The highest BCUT2D eigenvalue weighted by molar-refractivity contribution is 6.15. The van der Waals surface area contributed by atoms with Gasteiger partial charge in [-0.1, -0.05) is 68.6 Å². The number of allylic oxidation sites excluding steroid dienone is 4. The predicted octanol–water partition coefficient (Wildman–Crippen LogP) is 5.02. The number of rotatable bonds is 6. The van der Waals surface area contributed by atoms with Gasteiger partial charge in [-0.15, -0.1) is 5.10 Å². The minimum absolute atomic E-state index is 0.641. The number of benzene rings is 1. The first-order valence-electron chi connectivity index (χ1n) is 8.61. The molecular weight excluding hydrogens is 320 g/mol. The zero-order valence-corrected chi connectivity index (χ0v) is 15.2. The van der Waals surface area contributed by atoms with Crippen LogP contribution in [0.5, 0.6) is 0 Å². The van der Waals surface area contributed by atoms with Gasteiger partial charge in [-0.3, -0.25) is 0 Å². The number of fused-ring (bicyclic) bond motifs is 1. The maximum Gasteiger partial charge on any atom is 0.173 e. The van der Waals surface area contributed by atoms with E-state index in [0.717, 1.165) is 40.2 Å². The minimum Gasteiger partial charge on any atom is -0.232 e. The number of aromatic nitrogens is 3. The van der Waals surface area contributed by atoms with E-state index in [1.165, 1.54) is 0 Å². The van der Waals surface area contributed by atoms with Crippen LogP contribution < -0.4 is 0 Å². The third-order valence-corrected chi connectivity index (χ3v) is 4.05. The fourth-order valence-electron chi connectivity index (χ4n) is 2.83. The molecule has 0 unspecified atom stereocenters. The predicted molar refractivity (Wildman–Crippen MR) is 108 cm³/mol. The van der Waals surface area contributed by atoms with Gasteiger partial charge in [0.1, 0.15) is 0 Å². The topological polar surface area (TPSA) is 42.5 Å². The monoisotopic (exact) mass is 342 g/mol. The average molecular weight is 342 g/mol. The highest BCUT2D eigenvalue weighted by atomic mass is 15.3. The van der Waals surface area contributed by atoms with Crippen LogP contribution in [0.4, 0.5) is 5.82 Å². The van der Waals surface area contributed by atoms with Gasteiger partial charge in [-0.25, -0.2) is 14.5 Å². The molecule has 0 amide bonds. The van der Waals surface area contributed by atoms with Crippen molar-refractivity contribution in [1.29, 1.82) is 0 Å². The molecule has 3 aromatic rings. The van der Waals surface area contributed by atoms with Gasteiger partial charge in [-0.05, 0) is 19.4 Å². The minimum atomic E-state index is 0.641. The summed E-state index contributed by atoms with van der Waals surface area (Å²) in [7, 11) is 0. The van der Waals surface area contributed by atoms with Crippen molar-refractivity contribution in [1.82, 2.24) is 14.6 Å². The number of aliphatic imine (C=N–C) groups is 1. The molecule has 0 fully saturated rings. The number of aryl methyl sites for hydroxylation is 2. The quantitative estimate of drug-likeness (QED) is 0.466. The van der Waals surface area contributed by atoms with Crippen molar-refractivity contribution in [3.63, 3.8) is 0 Å². The molecule has 0 bridgehead atoms. The van der Waals surface area contributed by atoms with Gasteiger partial charge in [0.15, 0.2) is 11.5 Å². The van der Waals surface area contributed by atoms with Crippen molar-refractivity contribution in [2.75, 3.05) is 0 Å². The summed E-state index contributed by atoms with van der Waals surface area (Å²) in [5.74, 6) is 0.641. The lowest BCUT2D eigenvalue weighted by Crippen LogP contribution is -2.04. The summed E-state index contributed by atoms with van der Waals surface area (Å²) in [6, 6.07) is 12.0. The lowest BCUT2D eigenvalue weighted by Gasteiger charge is -2.09. The van der Waals surface area contributed by atoms with E-state index in [1.807, 2.05) is 55.6 Å². The Morgan fingerprint density at radius 1 is 1.23 bits per heavy atom. The summed E-state index contributed by atoms with van der Waals surface area (Å²) in [5.41, 5.74) is 5.65. The molecule has 4 heteroatoms. The van der Waals surface area contributed by atoms with Gasteiger partial charge < -0.3 is 0 Å². The van der Waals surface area contributed by atoms with E-state index in [0.29, 0.717) is 5.82 Å². The van der Waals surface area contributed by atoms with E-state index in [2.05, 4.69) is 30.2 Å². The Balaban J connectivity index is 2.22. The van der Waals surface area contributed by atoms with E-state index in [1.54, 1.807) is 16.7 Å². The highest BCUT2D eigenvalue weighted by Crippen LogP contribution is 2.21. The van der Waals surface area contributed by atoms with Crippen molar-refractivity contribution in [3.8, 4) is 0 Å². The molecular formula is C22H22N4. The maximum absolute atomic E-state index is 4.86. The first kappa shape index (κ1) is 17.5. The molecule has 0 aliphatic heterocycles. The van der Waals surface area contributed by atoms with Crippen molar-refractivity contribution in [2.24, 2.45) is 4.99 Å². The summed E-state index contributed by atoms with van der Waals surface area (Å²) < 4.78 is 1.81. The van der Waals surface area contributed by atoms with E-state index in [-0.39, 0.29) is 0 Å². The molecule has 0 radical (unpaired) electrons. The molecule has 4 nitrogen and oxygen atoms in total. The number of imidazole rings is 1. The molecule has 1 aromatic carbocycles. The van der Waals surface area contributed by atoms with Gasteiger partial charge in [0, 0.05) is 16.7 Å². The summed E-state index contributed by atoms with van der Waals surface area (Å²) in [6.07, 6.45) is 8.21. The third kappa shape index (κ3) is 3.54. The second-order valence-electron chi connectivity index (χ2n) is 5.92. The van der Waals surface area contributed by atoms with Crippen LogP contribution in [0.15, 0.2) is 84.5 Å². The van der Waals surface area contributed by atoms with Crippen LogP contribution in [0.2, 0.25) is 0 Å². The number of hydrogen-bond donors (Lipinski definition) is 0. The van der Waals surface area contributed by atoms with E-state index >= 15 is 0 Å². The van der Waals surface area contributed by atoms with Gasteiger partial charge in [0.25, 0.3) is 0 Å². The average Bonchev–Trinajstić information content (AvgIpc) is 3.04. The van der Waals surface area contributed by atoms with Crippen molar-refractivity contribution < 1.29 is 0 Å². The second-order valence-corrected chi connectivity index (χ2v) is 5.92. The molecule has 0 atom stereocenters. The molecule has 0 N–H and O–H groups in total. The van der Waals surface area contributed by atoms with Crippen LogP contribution in [0.25, 0.3) is 5.65 Å². The lowest BCUT2D eigenvalue weighted by molar-refractivity contribution is 0.913. The van der Waals surface area contributed by atoms with Gasteiger partial charge >= 0.3 is 0 Å². The zero-order chi connectivity index (χ0) is 18.5. The molecule has 0 aliphatic rings. The van der Waals surface area contributed by atoms with Crippen molar-refractivity contribution in [3.05, 3.63) is 96.4 Å². The van der Waals surface area contributed by atoms with Crippen LogP contribution in [0.3, 0.4) is 0 Å². The molecule has 2 heterocycles. The molecule has 0 saturated heterocycles. The van der Waals surface area contributed by atoms with Gasteiger partial charge in [0.05, 0.1) is 17.6 Å². The SMILES string of the molecule is C=C/C=C(\C=C)C(=Nc1cc(CC)c2nc(C)cn2n1)c1ccccc1. The summed E-state index contributed by atoms with van der Waals surface area (Å²) in [4.78, 5) is 9.41. The zero-order valence-electron chi connectivity index (χ0n) is 15.2. The second kappa shape index (κ2) is 7.74. The summed E-state index contributed by atoms with van der Waals surface area (Å²) in [6.45, 7) is 11.8. The first-order valence-corrected chi connectivity index (χ1v) is 8.61. The summed E-state index contributed by atoms with van der Waals surface area (Å²) in [5, 5.41) is 4.63. The summed E-state index contributed by atoms with van der Waals surface area (Å²) >= 11 is 0. The molecule has 3 rings (SSSR count). The number of hydrogen-bond acceptors (Lipinski definition) is 3. The Labute approximate surface area is 153 Å². The third-order valence-electron chi connectivity index (χ3n) is 4.05. The molecule has 0 aliphatic carbocycles. The number of nitrogens with zero attached hydrogens (tertiary/aromatic N) is 4. The largest absolute Gasteiger partial charge is 0.232 e. The maximum atomic E-state index is 4.86. The molecule has 0 spiro atoms. The molecule has 2 aromatic heterocycles. The normalized spacial score (nSPS) is 12.4. The van der Waals surface area contributed by atoms with E-state index in [4.69, 9.17) is 4.99 Å². The first-order chi connectivity index (χ1) is 12.7. The van der Waals surface area contributed by atoms with Crippen LogP contribution in [0, 0.1) is 6.92 Å². The fraction of sp³-hybridized carbons (Fsp3) is 0.136. The Kier molecular flexibility index (Phi) is 5.23. The smallest absolute Gasteiger partial charge is 0.173 e. The molecule has 0 saturated carbocycles. The van der Waals surface area contributed by atoms with Crippen molar-refractivity contribution >= 4 is 17.2 Å². The van der Waals surface area contributed by atoms with Crippen molar-refractivity contribution in [2.45, 2.75) is 20.3 Å². The highest BCUT2D eigenvalue weighted by Gasteiger charge is 2.11. The lowest BCUT2D eigenvalue weighted by atomic mass is 10.0. The van der Waals surface area contributed by atoms with Crippen LogP contribution >= 0.6 is 0 Å². The molecule has 130 valence electrons. The molecule has 26 heavy (non-hydrogen) atoms. The Morgan fingerprint density at radius 3 is 2.65 bits per heavy atom.